The topological polar surface area (TPSA) is 47.0 Å². The van der Waals surface area contributed by atoms with E-state index in [1.54, 1.807) is 7.11 Å². The highest BCUT2D eigenvalue weighted by atomic mass is 19.1. The van der Waals surface area contributed by atoms with Crippen molar-refractivity contribution in [1.29, 1.82) is 0 Å². The first-order valence-electron chi connectivity index (χ1n) is 7.15. The number of benzene rings is 1. The lowest BCUT2D eigenvalue weighted by atomic mass is 9.82. The molecule has 1 aromatic heterocycles. The first-order valence-corrected chi connectivity index (χ1v) is 7.15. The maximum atomic E-state index is 14.4. The second kappa shape index (κ2) is 6.08. The van der Waals surface area contributed by atoms with Crippen LogP contribution in [0, 0.1) is 5.82 Å². The predicted molar refractivity (Wildman–Crippen MR) is 78.9 cm³/mol. The van der Waals surface area contributed by atoms with Crippen LogP contribution in [0.4, 0.5) is 10.2 Å². The van der Waals surface area contributed by atoms with Gasteiger partial charge in [-0.3, -0.25) is 0 Å². The molecule has 5 heteroatoms. The van der Waals surface area contributed by atoms with E-state index < -0.39 is 0 Å². The molecule has 4 nitrogen and oxygen atoms in total. The lowest BCUT2D eigenvalue weighted by Crippen LogP contribution is -2.15. The van der Waals surface area contributed by atoms with Crippen molar-refractivity contribution in [2.24, 2.45) is 0 Å². The summed E-state index contributed by atoms with van der Waals surface area (Å²) in [6, 6.07) is 7.66. The minimum Gasteiger partial charge on any atom is -0.497 e. The van der Waals surface area contributed by atoms with Gasteiger partial charge in [0.05, 0.1) is 12.8 Å². The number of rotatable bonds is 5. The van der Waals surface area contributed by atoms with Gasteiger partial charge in [0.2, 0.25) is 0 Å². The molecule has 110 valence electrons. The molecule has 0 spiro atoms. The van der Waals surface area contributed by atoms with Crippen LogP contribution < -0.4 is 10.1 Å². The zero-order valence-electron chi connectivity index (χ0n) is 12.0. The van der Waals surface area contributed by atoms with Crippen molar-refractivity contribution in [3.63, 3.8) is 0 Å². The van der Waals surface area contributed by atoms with Crippen molar-refractivity contribution in [3.05, 3.63) is 47.7 Å². The molecule has 1 N–H and O–H groups in total. The highest BCUT2D eigenvalue weighted by Crippen LogP contribution is 2.37. The summed E-state index contributed by atoms with van der Waals surface area (Å²) in [6.45, 7) is 0.495. The van der Waals surface area contributed by atoms with Gasteiger partial charge in [-0.05, 0) is 30.5 Å². The summed E-state index contributed by atoms with van der Waals surface area (Å²) in [5, 5.41) is 3.04. The standard InChI is InChI=1S/C16H18FN3O/c1-21-13-7-2-4-11(8-13)9-18-16-14(17)15(19-10-20-16)12-5-3-6-12/h2,4,7-8,10,12H,3,5-6,9H2,1H3,(H,18,19,20). The Labute approximate surface area is 123 Å². The van der Waals surface area contributed by atoms with Gasteiger partial charge in [0.1, 0.15) is 12.1 Å². The summed E-state index contributed by atoms with van der Waals surface area (Å²) in [6.07, 6.45) is 4.62. The van der Waals surface area contributed by atoms with Crippen LogP contribution in [-0.2, 0) is 6.54 Å². The number of hydrogen-bond donors (Lipinski definition) is 1. The van der Waals surface area contributed by atoms with Gasteiger partial charge in [-0.1, -0.05) is 18.6 Å². The van der Waals surface area contributed by atoms with Crippen molar-refractivity contribution in [2.75, 3.05) is 12.4 Å². The third-order valence-corrected chi connectivity index (χ3v) is 3.90. The van der Waals surface area contributed by atoms with E-state index >= 15 is 0 Å². The van der Waals surface area contributed by atoms with E-state index in [1.165, 1.54) is 6.33 Å². The van der Waals surface area contributed by atoms with Gasteiger partial charge in [0.15, 0.2) is 11.6 Å². The summed E-state index contributed by atoms with van der Waals surface area (Å²) >= 11 is 0. The van der Waals surface area contributed by atoms with Crippen molar-refractivity contribution in [2.45, 2.75) is 31.7 Å². The van der Waals surface area contributed by atoms with Crippen LogP contribution in [0.15, 0.2) is 30.6 Å². The van der Waals surface area contributed by atoms with E-state index in [9.17, 15) is 4.39 Å². The molecule has 0 atom stereocenters. The number of nitrogens with one attached hydrogen (secondary N) is 1. The van der Waals surface area contributed by atoms with Gasteiger partial charge < -0.3 is 10.1 Å². The van der Waals surface area contributed by atoms with Crippen molar-refractivity contribution < 1.29 is 9.13 Å². The normalized spacial score (nSPS) is 14.6. The second-order valence-corrected chi connectivity index (χ2v) is 5.25. The molecular formula is C16H18FN3O. The third-order valence-electron chi connectivity index (χ3n) is 3.90. The third kappa shape index (κ3) is 2.96. The number of halogens is 1. The number of anilines is 1. The molecule has 0 aliphatic heterocycles. The maximum Gasteiger partial charge on any atom is 0.187 e. The number of aromatic nitrogens is 2. The monoisotopic (exact) mass is 287 g/mol. The Morgan fingerprint density at radius 2 is 2.19 bits per heavy atom. The molecule has 2 aromatic rings. The van der Waals surface area contributed by atoms with Gasteiger partial charge in [-0.2, -0.15) is 0 Å². The van der Waals surface area contributed by atoms with Crippen LogP contribution >= 0.6 is 0 Å². The van der Waals surface area contributed by atoms with Crippen LogP contribution in [0.1, 0.15) is 36.4 Å². The average Bonchev–Trinajstić information content (AvgIpc) is 2.46. The van der Waals surface area contributed by atoms with Crippen LogP contribution in [-0.4, -0.2) is 17.1 Å². The van der Waals surface area contributed by atoms with E-state index in [-0.39, 0.29) is 17.6 Å². The SMILES string of the molecule is COc1cccc(CNc2ncnc(C3CCC3)c2F)c1. The fraction of sp³-hybridized carbons (Fsp3) is 0.375. The summed E-state index contributed by atoms with van der Waals surface area (Å²) in [5.74, 6) is 0.998. The van der Waals surface area contributed by atoms with Crippen molar-refractivity contribution >= 4 is 5.82 Å². The van der Waals surface area contributed by atoms with Gasteiger partial charge in [-0.25, -0.2) is 14.4 Å². The number of methoxy groups -OCH3 is 1. The van der Waals surface area contributed by atoms with Gasteiger partial charge in [-0.15, -0.1) is 0 Å². The molecule has 0 bridgehead atoms. The Kier molecular flexibility index (Phi) is 3.99. The Balaban J connectivity index is 1.72. The molecule has 0 unspecified atom stereocenters. The Hall–Kier alpha value is -2.17. The number of ether oxygens (including phenoxy) is 1. The largest absolute Gasteiger partial charge is 0.497 e. The Bertz CT molecular complexity index is 629. The molecular weight excluding hydrogens is 269 g/mol. The van der Waals surface area contributed by atoms with Crippen LogP contribution in [0.25, 0.3) is 0 Å². The molecule has 1 aromatic carbocycles. The van der Waals surface area contributed by atoms with Gasteiger partial charge in [0.25, 0.3) is 0 Å². The van der Waals surface area contributed by atoms with Crippen LogP contribution in [0.5, 0.6) is 5.75 Å². The highest BCUT2D eigenvalue weighted by molar-refractivity contribution is 5.40. The molecule has 0 radical (unpaired) electrons. The second-order valence-electron chi connectivity index (χ2n) is 5.25. The number of nitrogens with zero attached hydrogens (tertiary/aromatic N) is 2. The fourth-order valence-corrected chi connectivity index (χ4v) is 2.44. The Morgan fingerprint density at radius 3 is 2.90 bits per heavy atom. The molecule has 1 heterocycles. The minimum absolute atomic E-state index is 0.255. The first kappa shape index (κ1) is 13.8. The van der Waals surface area contributed by atoms with Gasteiger partial charge >= 0.3 is 0 Å². The van der Waals surface area contributed by atoms with Gasteiger partial charge in [0, 0.05) is 12.5 Å². The summed E-state index contributed by atoms with van der Waals surface area (Å²) in [4.78, 5) is 8.11. The predicted octanol–water partition coefficient (Wildman–Crippen LogP) is 3.50. The molecule has 1 aliphatic carbocycles. The zero-order valence-corrected chi connectivity index (χ0v) is 12.0. The average molecular weight is 287 g/mol. The van der Waals surface area contributed by atoms with E-state index in [2.05, 4.69) is 15.3 Å². The summed E-state index contributed by atoms with van der Waals surface area (Å²) in [7, 11) is 1.63. The fourth-order valence-electron chi connectivity index (χ4n) is 2.44. The molecule has 0 amide bonds. The zero-order chi connectivity index (χ0) is 14.7. The first-order chi connectivity index (χ1) is 10.3. The van der Waals surface area contributed by atoms with Crippen molar-refractivity contribution in [3.8, 4) is 5.75 Å². The van der Waals surface area contributed by atoms with E-state index in [4.69, 9.17) is 4.74 Å². The molecule has 1 aliphatic rings. The van der Waals surface area contributed by atoms with Crippen LogP contribution in [0.2, 0.25) is 0 Å². The molecule has 0 saturated heterocycles. The summed E-state index contributed by atoms with van der Waals surface area (Å²) < 4.78 is 19.6. The van der Waals surface area contributed by atoms with Crippen LogP contribution in [0.3, 0.4) is 0 Å². The smallest absolute Gasteiger partial charge is 0.187 e. The molecule has 21 heavy (non-hydrogen) atoms. The van der Waals surface area contributed by atoms with E-state index in [1.807, 2.05) is 24.3 Å². The summed E-state index contributed by atoms with van der Waals surface area (Å²) in [5.41, 5.74) is 1.56. The lowest BCUT2D eigenvalue weighted by Gasteiger charge is -2.25. The number of hydrogen-bond acceptors (Lipinski definition) is 4. The van der Waals surface area contributed by atoms with E-state index in [0.29, 0.717) is 12.2 Å². The Morgan fingerprint density at radius 1 is 1.33 bits per heavy atom. The quantitative estimate of drug-likeness (QED) is 0.914. The van der Waals surface area contributed by atoms with Crippen molar-refractivity contribution in [1.82, 2.24) is 9.97 Å². The lowest BCUT2D eigenvalue weighted by molar-refractivity contribution is 0.393. The molecule has 1 fully saturated rings. The molecule has 1 saturated carbocycles. The van der Waals surface area contributed by atoms with E-state index in [0.717, 1.165) is 30.6 Å². The molecule has 3 rings (SSSR count). The highest BCUT2D eigenvalue weighted by Gasteiger charge is 2.25. The minimum atomic E-state index is -0.315. The maximum absolute atomic E-state index is 14.4.